The molecule has 1 aromatic carbocycles. The van der Waals surface area contributed by atoms with E-state index in [9.17, 15) is 0 Å². The van der Waals surface area contributed by atoms with Crippen molar-refractivity contribution in [2.75, 3.05) is 0 Å². The third-order valence-electron chi connectivity index (χ3n) is 1.63. The van der Waals surface area contributed by atoms with E-state index in [0.29, 0.717) is 11.1 Å². The van der Waals surface area contributed by atoms with Crippen molar-refractivity contribution in [2.24, 2.45) is 0 Å². The van der Waals surface area contributed by atoms with Crippen molar-refractivity contribution in [1.82, 2.24) is 0 Å². The summed E-state index contributed by atoms with van der Waals surface area (Å²) in [5.74, 6) is 0. The van der Waals surface area contributed by atoms with Crippen LogP contribution in [0, 0.1) is 11.3 Å². The third-order valence-corrected chi connectivity index (χ3v) is 1.89. The number of hydrogen-bond acceptors (Lipinski definition) is 4. The smallest absolute Gasteiger partial charge is 0.155 e. The van der Waals surface area contributed by atoms with Crippen molar-refractivity contribution in [3.8, 4) is 6.07 Å². The molecular formula is C9H8INO3. The van der Waals surface area contributed by atoms with E-state index in [-0.39, 0.29) is 13.2 Å². The van der Waals surface area contributed by atoms with E-state index < -0.39 is 0 Å². The lowest BCUT2D eigenvalue weighted by Crippen LogP contribution is -1.93. The largest absolute Gasteiger partial charge is 0.392 e. The summed E-state index contributed by atoms with van der Waals surface area (Å²) in [5, 5.41) is 17.6. The fraction of sp³-hybridized carbons (Fsp3) is 0.222. The maximum absolute atomic E-state index is 8.92. The average Bonchev–Trinajstić information content (AvgIpc) is 2.25. The van der Waals surface area contributed by atoms with E-state index in [2.05, 4.69) is 3.22 Å². The van der Waals surface area contributed by atoms with E-state index in [1.165, 1.54) is 0 Å². The number of rotatable bonds is 4. The van der Waals surface area contributed by atoms with Crippen molar-refractivity contribution in [3.05, 3.63) is 34.9 Å². The van der Waals surface area contributed by atoms with E-state index in [4.69, 9.17) is 15.3 Å². The maximum Gasteiger partial charge on any atom is 0.155 e. The number of nitrogens with zero attached hydrogens (tertiary/aromatic N) is 1. The lowest BCUT2D eigenvalue weighted by atomic mass is 10.1. The van der Waals surface area contributed by atoms with Crippen molar-refractivity contribution >= 4 is 23.0 Å². The van der Waals surface area contributed by atoms with E-state index in [1.807, 2.05) is 6.07 Å². The van der Waals surface area contributed by atoms with Crippen LogP contribution in [0.4, 0.5) is 0 Å². The second-order valence-corrected chi connectivity index (χ2v) is 2.99. The Bertz CT molecular complexity index is 348. The first-order chi connectivity index (χ1) is 6.80. The minimum atomic E-state index is -0.0897. The normalized spacial score (nSPS) is 9.79. The van der Waals surface area contributed by atoms with Crippen LogP contribution in [0.1, 0.15) is 16.7 Å². The van der Waals surface area contributed by atoms with Gasteiger partial charge in [0, 0.05) is 0 Å². The Morgan fingerprint density at radius 1 is 1.36 bits per heavy atom. The maximum atomic E-state index is 8.92. The molecule has 0 aliphatic heterocycles. The Balaban J connectivity index is 2.88. The first-order valence-corrected chi connectivity index (χ1v) is 4.72. The minimum absolute atomic E-state index is 0.0897. The van der Waals surface area contributed by atoms with Gasteiger partial charge >= 0.3 is 0 Å². The first kappa shape index (κ1) is 11.4. The van der Waals surface area contributed by atoms with Crippen LogP contribution < -0.4 is 0 Å². The van der Waals surface area contributed by atoms with Crippen LogP contribution in [0.3, 0.4) is 0 Å². The highest BCUT2D eigenvalue weighted by Crippen LogP contribution is 2.11. The summed E-state index contributed by atoms with van der Waals surface area (Å²) in [6.45, 7) is 0.166. The molecule has 0 saturated heterocycles. The molecule has 0 saturated carbocycles. The Labute approximate surface area is 95.7 Å². The molecule has 0 bridgehead atoms. The summed E-state index contributed by atoms with van der Waals surface area (Å²) in [7, 11) is 0. The van der Waals surface area contributed by atoms with Gasteiger partial charge in [-0.05, 0) is 23.3 Å². The second kappa shape index (κ2) is 5.93. The van der Waals surface area contributed by atoms with Gasteiger partial charge in [0.15, 0.2) is 23.0 Å². The lowest BCUT2D eigenvalue weighted by molar-refractivity contribution is -0.177. The summed E-state index contributed by atoms with van der Waals surface area (Å²) in [6.07, 6.45) is 0. The standard InChI is InChI=1S/C9H8INO3/c10-14-13-6-9-2-7(4-11)1-8(3-9)5-12/h1-3,12H,5-6H2. The van der Waals surface area contributed by atoms with Crippen LogP contribution in [0.5, 0.6) is 0 Å². The summed E-state index contributed by atoms with van der Waals surface area (Å²) in [6, 6.07) is 7.09. The monoisotopic (exact) mass is 305 g/mol. The molecule has 0 spiro atoms. The highest BCUT2D eigenvalue weighted by atomic mass is 127. The number of nitriles is 1. The summed E-state index contributed by atoms with van der Waals surface area (Å²) < 4.78 is 4.42. The van der Waals surface area contributed by atoms with Crippen LogP contribution in [-0.4, -0.2) is 5.11 Å². The molecule has 0 radical (unpaired) electrons. The molecule has 4 nitrogen and oxygen atoms in total. The van der Waals surface area contributed by atoms with Crippen molar-refractivity contribution in [3.63, 3.8) is 0 Å². The Morgan fingerprint density at radius 3 is 2.64 bits per heavy atom. The minimum Gasteiger partial charge on any atom is -0.392 e. The van der Waals surface area contributed by atoms with Crippen LogP contribution in [0.25, 0.3) is 0 Å². The Kier molecular flexibility index (Phi) is 4.82. The molecule has 0 atom stereocenters. The molecule has 0 amide bonds. The number of hydrogen-bond donors (Lipinski definition) is 1. The van der Waals surface area contributed by atoms with Crippen LogP contribution in [0.2, 0.25) is 0 Å². The van der Waals surface area contributed by atoms with Crippen molar-refractivity contribution in [2.45, 2.75) is 13.2 Å². The van der Waals surface area contributed by atoms with E-state index >= 15 is 0 Å². The SMILES string of the molecule is N#Cc1cc(CO)cc(COOI)c1. The zero-order valence-corrected chi connectivity index (χ0v) is 9.39. The quantitative estimate of drug-likeness (QED) is 0.524. The summed E-state index contributed by atoms with van der Waals surface area (Å²) in [5.41, 5.74) is 1.99. The van der Waals surface area contributed by atoms with E-state index in [1.54, 1.807) is 41.2 Å². The van der Waals surface area contributed by atoms with Crippen molar-refractivity contribution < 1.29 is 13.2 Å². The molecule has 5 heteroatoms. The van der Waals surface area contributed by atoms with Gasteiger partial charge in [-0.2, -0.15) is 8.48 Å². The number of benzene rings is 1. The van der Waals surface area contributed by atoms with Gasteiger partial charge < -0.3 is 5.11 Å². The molecule has 0 fully saturated rings. The lowest BCUT2D eigenvalue weighted by Gasteiger charge is -2.03. The molecule has 1 rings (SSSR count). The molecule has 0 aliphatic carbocycles. The summed E-state index contributed by atoms with van der Waals surface area (Å²) >= 11 is 1.61. The van der Waals surface area contributed by atoms with Gasteiger partial charge in [0.05, 0.1) is 18.2 Å². The molecule has 74 valence electrons. The molecular weight excluding hydrogens is 297 g/mol. The second-order valence-electron chi connectivity index (χ2n) is 2.63. The molecule has 0 aromatic heterocycles. The number of aliphatic hydroxyl groups excluding tert-OH is 1. The fourth-order valence-electron chi connectivity index (χ4n) is 1.09. The van der Waals surface area contributed by atoms with Crippen LogP contribution >= 0.6 is 23.0 Å². The predicted octanol–water partition coefficient (Wildman–Crippen LogP) is 1.85. The number of aliphatic hydroxyl groups is 1. The highest BCUT2D eigenvalue weighted by Gasteiger charge is 2.00. The van der Waals surface area contributed by atoms with Crippen molar-refractivity contribution in [1.29, 1.82) is 5.26 Å². The van der Waals surface area contributed by atoms with Crippen LogP contribution in [0.15, 0.2) is 18.2 Å². The Morgan fingerprint density at radius 2 is 2.07 bits per heavy atom. The van der Waals surface area contributed by atoms with Gasteiger partial charge in [0.1, 0.15) is 6.61 Å². The van der Waals surface area contributed by atoms with Gasteiger partial charge in [0.2, 0.25) is 0 Å². The molecule has 0 unspecified atom stereocenters. The predicted molar refractivity (Wildman–Crippen MR) is 57.0 cm³/mol. The van der Waals surface area contributed by atoms with Crippen LogP contribution in [-0.2, 0) is 21.3 Å². The first-order valence-electron chi connectivity index (χ1n) is 3.84. The summed E-state index contributed by atoms with van der Waals surface area (Å²) in [4.78, 5) is 4.71. The van der Waals surface area contributed by atoms with Gasteiger partial charge in [-0.1, -0.05) is 6.07 Å². The molecule has 0 aliphatic rings. The topological polar surface area (TPSA) is 62.5 Å². The average molecular weight is 305 g/mol. The fourth-order valence-corrected chi connectivity index (χ4v) is 1.22. The molecule has 14 heavy (non-hydrogen) atoms. The molecule has 1 N–H and O–H groups in total. The van der Waals surface area contributed by atoms with Gasteiger partial charge in [-0.25, -0.2) is 4.89 Å². The van der Waals surface area contributed by atoms with Gasteiger partial charge in [0.25, 0.3) is 0 Å². The number of halogens is 1. The zero-order valence-electron chi connectivity index (χ0n) is 7.24. The molecule has 1 aromatic rings. The van der Waals surface area contributed by atoms with Gasteiger partial charge in [-0.3, -0.25) is 0 Å². The van der Waals surface area contributed by atoms with E-state index in [0.717, 1.165) is 5.56 Å². The van der Waals surface area contributed by atoms with Gasteiger partial charge in [-0.15, -0.1) is 0 Å². The zero-order chi connectivity index (χ0) is 10.4. The Hall–Kier alpha value is -0.680. The highest BCUT2D eigenvalue weighted by molar-refractivity contribution is 14.1. The third kappa shape index (κ3) is 3.23. The molecule has 0 heterocycles.